The van der Waals surface area contributed by atoms with Gasteiger partial charge in [0.05, 0.1) is 18.4 Å². The van der Waals surface area contributed by atoms with Crippen LogP contribution in [-0.4, -0.2) is 29.1 Å². The zero-order valence-electron chi connectivity index (χ0n) is 10.7. The predicted octanol–water partition coefficient (Wildman–Crippen LogP) is 1.28. The molecule has 0 aliphatic heterocycles. The summed E-state index contributed by atoms with van der Waals surface area (Å²) in [7, 11) is 0. The van der Waals surface area contributed by atoms with E-state index in [-0.39, 0.29) is 18.9 Å². The van der Waals surface area contributed by atoms with E-state index in [0.29, 0.717) is 36.1 Å². The number of amides is 1. The molecule has 102 valence electrons. The fourth-order valence-electron chi connectivity index (χ4n) is 1.62. The van der Waals surface area contributed by atoms with Gasteiger partial charge in [-0.25, -0.2) is 4.98 Å². The van der Waals surface area contributed by atoms with Gasteiger partial charge in [-0.2, -0.15) is 0 Å². The van der Waals surface area contributed by atoms with E-state index in [0.717, 1.165) is 0 Å². The van der Waals surface area contributed by atoms with Gasteiger partial charge in [0.1, 0.15) is 5.76 Å². The molecule has 2 heterocycles. The van der Waals surface area contributed by atoms with Gasteiger partial charge in [0, 0.05) is 13.2 Å². The largest absolute Gasteiger partial charge is 0.459 e. The van der Waals surface area contributed by atoms with Gasteiger partial charge in [-0.15, -0.1) is 0 Å². The minimum absolute atomic E-state index is 0.0614. The molecule has 0 atom stereocenters. The summed E-state index contributed by atoms with van der Waals surface area (Å²) in [6.07, 6.45) is 2.23. The third-order valence-corrected chi connectivity index (χ3v) is 2.61. The Hall–Kier alpha value is -2.08. The molecule has 0 fully saturated rings. The molecule has 2 rings (SSSR count). The molecule has 2 aromatic rings. The number of aromatic nitrogens is 1. The number of carbonyl (C=O) groups is 1. The molecule has 0 bridgehead atoms. The highest BCUT2D eigenvalue weighted by molar-refractivity contribution is 5.78. The average molecular weight is 264 g/mol. The molecule has 0 unspecified atom stereocenters. The summed E-state index contributed by atoms with van der Waals surface area (Å²) in [6, 6.07) is 3.49. The van der Waals surface area contributed by atoms with Gasteiger partial charge in [-0.1, -0.05) is 0 Å². The lowest BCUT2D eigenvalue weighted by atomic mass is 10.2. The summed E-state index contributed by atoms with van der Waals surface area (Å²) in [4.78, 5) is 15.9. The molecule has 0 spiro atoms. The lowest BCUT2D eigenvalue weighted by molar-refractivity contribution is -0.120. The SMILES string of the molecule is Cc1oc(-c2ccco2)nc1CC(=O)NCCCO. The van der Waals surface area contributed by atoms with Crippen LogP contribution in [-0.2, 0) is 11.2 Å². The van der Waals surface area contributed by atoms with Crippen LogP contribution in [0.15, 0.2) is 27.2 Å². The van der Waals surface area contributed by atoms with E-state index in [4.69, 9.17) is 13.9 Å². The highest BCUT2D eigenvalue weighted by Crippen LogP contribution is 2.22. The Kier molecular flexibility index (Phi) is 4.35. The maximum absolute atomic E-state index is 11.6. The van der Waals surface area contributed by atoms with E-state index < -0.39 is 0 Å². The molecular formula is C13H16N2O4. The Morgan fingerprint density at radius 3 is 3.05 bits per heavy atom. The van der Waals surface area contributed by atoms with Crippen LogP contribution in [0.2, 0.25) is 0 Å². The molecule has 6 nitrogen and oxygen atoms in total. The summed E-state index contributed by atoms with van der Waals surface area (Å²) in [5, 5.41) is 11.3. The van der Waals surface area contributed by atoms with Crippen LogP contribution < -0.4 is 5.32 Å². The van der Waals surface area contributed by atoms with Gasteiger partial charge in [0.25, 0.3) is 5.89 Å². The molecule has 0 saturated heterocycles. The average Bonchev–Trinajstić information content (AvgIpc) is 3.00. The maximum Gasteiger partial charge on any atom is 0.263 e. The summed E-state index contributed by atoms with van der Waals surface area (Å²) in [6.45, 7) is 2.28. The van der Waals surface area contributed by atoms with Crippen molar-refractivity contribution in [2.24, 2.45) is 0 Å². The zero-order valence-corrected chi connectivity index (χ0v) is 10.7. The van der Waals surface area contributed by atoms with Crippen molar-refractivity contribution in [3.63, 3.8) is 0 Å². The van der Waals surface area contributed by atoms with E-state index in [9.17, 15) is 4.79 Å². The standard InChI is InChI=1S/C13H16N2O4/c1-9-10(8-12(17)14-5-3-6-16)15-13(19-9)11-4-2-7-18-11/h2,4,7,16H,3,5-6,8H2,1H3,(H,14,17). The second-order valence-corrected chi connectivity index (χ2v) is 4.10. The highest BCUT2D eigenvalue weighted by atomic mass is 16.4. The van der Waals surface area contributed by atoms with Crippen LogP contribution in [0, 0.1) is 6.92 Å². The summed E-state index contributed by atoms with van der Waals surface area (Å²) in [5.74, 6) is 1.37. The molecule has 0 aliphatic carbocycles. The van der Waals surface area contributed by atoms with Gasteiger partial charge in [0.2, 0.25) is 5.91 Å². The number of furan rings is 1. The Labute approximate surface area is 110 Å². The monoisotopic (exact) mass is 264 g/mol. The molecule has 0 aliphatic rings. The van der Waals surface area contributed by atoms with Crippen molar-refractivity contribution >= 4 is 5.91 Å². The first kappa shape index (κ1) is 13.4. The zero-order chi connectivity index (χ0) is 13.7. The number of hydrogen-bond donors (Lipinski definition) is 2. The normalized spacial score (nSPS) is 10.6. The molecule has 0 radical (unpaired) electrons. The molecule has 0 aromatic carbocycles. The van der Waals surface area contributed by atoms with E-state index in [1.807, 2.05) is 0 Å². The predicted molar refractivity (Wildman–Crippen MR) is 67.4 cm³/mol. The number of nitrogens with one attached hydrogen (secondary N) is 1. The van der Waals surface area contributed by atoms with E-state index in [1.165, 1.54) is 6.26 Å². The maximum atomic E-state index is 11.6. The van der Waals surface area contributed by atoms with Crippen molar-refractivity contribution in [3.05, 3.63) is 29.9 Å². The van der Waals surface area contributed by atoms with Crippen molar-refractivity contribution in [1.29, 1.82) is 0 Å². The van der Waals surface area contributed by atoms with E-state index >= 15 is 0 Å². The third-order valence-electron chi connectivity index (χ3n) is 2.61. The van der Waals surface area contributed by atoms with Crippen LogP contribution in [0.25, 0.3) is 11.7 Å². The van der Waals surface area contributed by atoms with E-state index in [2.05, 4.69) is 10.3 Å². The Bertz CT molecular complexity index is 531. The number of rotatable bonds is 6. The Balaban J connectivity index is 1.99. The van der Waals surface area contributed by atoms with Crippen molar-refractivity contribution in [3.8, 4) is 11.7 Å². The molecule has 2 aromatic heterocycles. The minimum Gasteiger partial charge on any atom is -0.459 e. The van der Waals surface area contributed by atoms with Gasteiger partial charge < -0.3 is 19.3 Å². The molecule has 1 amide bonds. The fourth-order valence-corrected chi connectivity index (χ4v) is 1.62. The number of aliphatic hydroxyl groups excluding tert-OH is 1. The first-order chi connectivity index (χ1) is 9.20. The smallest absolute Gasteiger partial charge is 0.263 e. The highest BCUT2D eigenvalue weighted by Gasteiger charge is 2.15. The lowest BCUT2D eigenvalue weighted by Crippen LogP contribution is -2.26. The Morgan fingerprint density at radius 1 is 1.53 bits per heavy atom. The van der Waals surface area contributed by atoms with Crippen LogP contribution in [0.4, 0.5) is 0 Å². The topological polar surface area (TPSA) is 88.5 Å². The first-order valence-corrected chi connectivity index (χ1v) is 6.08. The van der Waals surface area contributed by atoms with Crippen LogP contribution in [0.1, 0.15) is 17.9 Å². The summed E-state index contributed by atoms with van der Waals surface area (Å²) in [5.41, 5.74) is 0.591. The van der Waals surface area contributed by atoms with E-state index in [1.54, 1.807) is 19.1 Å². The number of hydrogen-bond acceptors (Lipinski definition) is 5. The number of aryl methyl sites for hydroxylation is 1. The van der Waals surface area contributed by atoms with Gasteiger partial charge in [-0.3, -0.25) is 4.79 Å². The number of carbonyl (C=O) groups excluding carboxylic acids is 1. The first-order valence-electron chi connectivity index (χ1n) is 6.08. The number of nitrogens with zero attached hydrogens (tertiary/aromatic N) is 1. The molecular weight excluding hydrogens is 248 g/mol. The van der Waals surface area contributed by atoms with Crippen molar-refractivity contribution in [2.45, 2.75) is 19.8 Å². The van der Waals surface area contributed by atoms with Crippen LogP contribution in [0.3, 0.4) is 0 Å². The quantitative estimate of drug-likeness (QED) is 0.767. The number of aliphatic hydroxyl groups is 1. The summed E-state index contributed by atoms with van der Waals surface area (Å²) >= 11 is 0. The van der Waals surface area contributed by atoms with Crippen molar-refractivity contribution < 1.29 is 18.7 Å². The lowest BCUT2D eigenvalue weighted by Gasteiger charge is -2.01. The third kappa shape index (κ3) is 3.45. The molecule has 6 heteroatoms. The van der Waals surface area contributed by atoms with Crippen LogP contribution in [0.5, 0.6) is 0 Å². The van der Waals surface area contributed by atoms with Gasteiger partial charge in [0.15, 0.2) is 5.76 Å². The van der Waals surface area contributed by atoms with Gasteiger partial charge >= 0.3 is 0 Å². The van der Waals surface area contributed by atoms with Crippen molar-refractivity contribution in [2.75, 3.05) is 13.2 Å². The molecule has 19 heavy (non-hydrogen) atoms. The van der Waals surface area contributed by atoms with Crippen molar-refractivity contribution in [1.82, 2.24) is 10.3 Å². The molecule has 2 N–H and O–H groups in total. The van der Waals surface area contributed by atoms with Crippen LogP contribution >= 0.6 is 0 Å². The number of oxazole rings is 1. The summed E-state index contributed by atoms with van der Waals surface area (Å²) < 4.78 is 10.6. The fraction of sp³-hybridized carbons (Fsp3) is 0.385. The minimum atomic E-state index is -0.143. The second-order valence-electron chi connectivity index (χ2n) is 4.10. The van der Waals surface area contributed by atoms with Gasteiger partial charge in [-0.05, 0) is 25.5 Å². The molecule has 0 saturated carbocycles. The second kappa shape index (κ2) is 6.19. The Morgan fingerprint density at radius 2 is 2.37 bits per heavy atom.